The molecule has 10 nitrogen and oxygen atoms in total. The molecule has 4 atom stereocenters. The van der Waals surface area contributed by atoms with Crippen molar-refractivity contribution in [2.75, 3.05) is 23.9 Å². The number of hydrogen-bond donors (Lipinski definition) is 1. The second kappa shape index (κ2) is 7.11. The van der Waals surface area contributed by atoms with Crippen molar-refractivity contribution in [3.05, 3.63) is 57.1 Å². The molecule has 4 aliphatic rings. The molecule has 0 unspecified atom stereocenters. The number of amides is 3. The molecule has 0 aliphatic carbocycles. The Kier molecular flexibility index (Phi) is 4.41. The van der Waals surface area contributed by atoms with Crippen molar-refractivity contribution in [3.8, 4) is 5.75 Å². The van der Waals surface area contributed by atoms with Crippen molar-refractivity contribution in [3.63, 3.8) is 0 Å². The van der Waals surface area contributed by atoms with Gasteiger partial charge in [-0.2, -0.15) is 0 Å². The molecule has 1 N–H and O–H groups in total. The zero-order valence-corrected chi connectivity index (χ0v) is 19.5. The largest absolute Gasteiger partial charge is 0.495 e. The predicted octanol–water partition coefficient (Wildman–Crippen LogP) is 2.65. The van der Waals surface area contributed by atoms with E-state index in [2.05, 4.69) is 10.2 Å². The molecule has 6 rings (SSSR count). The second-order valence-electron chi connectivity index (χ2n) is 9.68. The third-order valence-corrected chi connectivity index (χ3v) is 8.31. The minimum Gasteiger partial charge on any atom is -0.495 e. The van der Waals surface area contributed by atoms with E-state index in [-0.39, 0.29) is 29.1 Å². The number of aryl methyl sites for hydroxylation is 1. The normalized spacial score (nSPS) is 28.9. The number of methoxy groups -OCH3 is 1. The Hall–Kier alpha value is -3.79. The highest BCUT2D eigenvalue weighted by Crippen LogP contribution is 2.61. The van der Waals surface area contributed by atoms with Crippen LogP contribution in [0.4, 0.5) is 17.1 Å². The van der Waals surface area contributed by atoms with Gasteiger partial charge in [-0.15, -0.1) is 0 Å². The van der Waals surface area contributed by atoms with Gasteiger partial charge in [0.2, 0.25) is 17.7 Å². The molecule has 0 bridgehead atoms. The lowest BCUT2D eigenvalue weighted by Crippen LogP contribution is -2.54. The Balaban J connectivity index is 1.56. The molecule has 2 aromatic rings. The number of nitro benzene ring substituents is 1. The molecule has 3 fully saturated rings. The molecular formula is C25H24N4O6. The quantitative estimate of drug-likeness (QED) is 0.411. The Morgan fingerprint density at radius 3 is 2.63 bits per heavy atom. The van der Waals surface area contributed by atoms with Gasteiger partial charge in [-0.25, -0.2) is 4.90 Å². The third-order valence-electron chi connectivity index (χ3n) is 8.31. The van der Waals surface area contributed by atoms with Crippen molar-refractivity contribution >= 4 is 34.8 Å². The van der Waals surface area contributed by atoms with Crippen LogP contribution < -0.4 is 15.0 Å². The average Bonchev–Trinajstić information content (AvgIpc) is 3.54. The van der Waals surface area contributed by atoms with E-state index in [1.165, 1.54) is 25.3 Å². The van der Waals surface area contributed by atoms with Crippen LogP contribution in [0.3, 0.4) is 0 Å². The number of benzene rings is 2. The lowest BCUT2D eigenvalue weighted by Gasteiger charge is -2.36. The number of nitrogens with one attached hydrogen (secondary N) is 1. The van der Waals surface area contributed by atoms with E-state index in [0.717, 1.165) is 28.0 Å². The van der Waals surface area contributed by atoms with E-state index in [4.69, 9.17) is 4.74 Å². The molecule has 35 heavy (non-hydrogen) atoms. The summed E-state index contributed by atoms with van der Waals surface area (Å²) < 4.78 is 5.36. The first-order valence-electron chi connectivity index (χ1n) is 11.6. The molecule has 0 aromatic heterocycles. The summed E-state index contributed by atoms with van der Waals surface area (Å²) in [5.74, 6) is -2.76. The van der Waals surface area contributed by atoms with Crippen LogP contribution in [0.25, 0.3) is 0 Å². The van der Waals surface area contributed by atoms with Gasteiger partial charge in [0.1, 0.15) is 17.0 Å². The fourth-order valence-electron chi connectivity index (χ4n) is 6.72. The van der Waals surface area contributed by atoms with Crippen molar-refractivity contribution in [1.82, 2.24) is 4.90 Å². The van der Waals surface area contributed by atoms with Crippen LogP contribution in [0.2, 0.25) is 0 Å². The van der Waals surface area contributed by atoms with Gasteiger partial charge < -0.3 is 10.1 Å². The fraction of sp³-hybridized carbons (Fsp3) is 0.400. The van der Waals surface area contributed by atoms with Gasteiger partial charge in [-0.1, -0.05) is 12.1 Å². The maximum Gasteiger partial charge on any atom is 0.271 e. The molecule has 1 spiro atoms. The lowest BCUT2D eigenvalue weighted by molar-refractivity contribution is -0.384. The SMILES string of the molecule is COc1ccc([N+](=O)[O-])cc1N1C(=O)[C@@H]2[C@H]3CCCN3[C@@]3(C(=O)Nc4c3ccc(C)c4C)[C@H]2C1=O. The fourth-order valence-corrected chi connectivity index (χ4v) is 6.72. The maximum atomic E-state index is 14.1. The molecular weight excluding hydrogens is 452 g/mol. The van der Waals surface area contributed by atoms with Crippen LogP contribution >= 0.6 is 0 Å². The molecule has 0 saturated carbocycles. The molecule has 4 aliphatic heterocycles. The average molecular weight is 476 g/mol. The van der Waals surface area contributed by atoms with Crippen LogP contribution in [0.5, 0.6) is 5.75 Å². The van der Waals surface area contributed by atoms with Crippen LogP contribution in [-0.4, -0.2) is 47.2 Å². The van der Waals surface area contributed by atoms with Crippen molar-refractivity contribution in [2.45, 2.75) is 38.3 Å². The first kappa shape index (κ1) is 21.7. The van der Waals surface area contributed by atoms with Crippen LogP contribution in [0, 0.1) is 35.8 Å². The highest BCUT2D eigenvalue weighted by Gasteiger charge is 2.75. The summed E-state index contributed by atoms with van der Waals surface area (Å²) in [6.45, 7) is 4.50. The number of carbonyl (C=O) groups is 3. The van der Waals surface area contributed by atoms with Crippen LogP contribution in [0.15, 0.2) is 30.3 Å². The Morgan fingerprint density at radius 1 is 1.14 bits per heavy atom. The van der Waals surface area contributed by atoms with Gasteiger partial charge in [-0.05, 0) is 50.4 Å². The van der Waals surface area contributed by atoms with Gasteiger partial charge in [0.15, 0.2) is 0 Å². The third kappa shape index (κ3) is 2.49. The zero-order valence-electron chi connectivity index (χ0n) is 19.5. The number of ether oxygens (including phenoxy) is 1. The Morgan fingerprint density at radius 2 is 1.91 bits per heavy atom. The smallest absolute Gasteiger partial charge is 0.271 e. The lowest BCUT2D eigenvalue weighted by atomic mass is 9.75. The van der Waals surface area contributed by atoms with E-state index in [0.29, 0.717) is 18.7 Å². The van der Waals surface area contributed by atoms with Gasteiger partial charge in [0.25, 0.3) is 5.69 Å². The summed E-state index contributed by atoms with van der Waals surface area (Å²) in [4.78, 5) is 55.7. The highest BCUT2D eigenvalue weighted by atomic mass is 16.6. The molecule has 3 amide bonds. The number of fused-ring (bicyclic) bond motifs is 7. The van der Waals surface area contributed by atoms with Crippen LogP contribution in [0.1, 0.15) is 29.5 Å². The molecule has 2 aromatic carbocycles. The van der Waals surface area contributed by atoms with Gasteiger partial charge >= 0.3 is 0 Å². The zero-order chi connectivity index (χ0) is 24.8. The summed E-state index contributed by atoms with van der Waals surface area (Å²) in [6.07, 6.45) is 1.50. The van der Waals surface area contributed by atoms with E-state index in [1.54, 1.807) is 0 Å². The number of hydrogen-bond acceptors (Lipinski definition) is 7. The minimum atomic E-state index is -1.30. The highest BCUT2D eigenvalue weighted by molar-refractivity contribution is 6.26. The number of carbonyl (C=O) groups excluding carboxylic acids is 3. The van der Waals surface area contributed by atoms with E-state index in [9.17, 15) is 24.5 Å². The number of nitrogens with zero attached hydrogens (tertiary/aromatic N) is 3. The summed E-state index contributed by atoms with van der Waals surface area (Å²) in [6, 6.07) is 7.39. The van der Waals surface area contributed by atoms with Crippen molar-refractivity contribution in [2.24, 2.45) is 11.8 Å². The number of imide groups is 1. The maximum absolute atomic E-state index is 14.1. The summed E-state index contributed by atoms with van der Waals surface area (Å²) in [7, 11) is 1.38. The first-order valence-corrected chi connectivity index (χ1v) is 11.6. The van der Waals surface area contributed by atoms with Crippen molar-refractivity contribution < 1.29 is 24.0 Å². The predicted molar refractivity (Wildman–Crippen MR) is 125 cm³/mol. The van der Waals surface area contributed by atoms with E-state index in [1.807, 2.05) is 26.0 Å². The number of anilines is 2. The molecule has 3 saturated heterocycles. The monoisotopic (exact) mass is 476 g/mol. The van der Waals surface area contributed by atoms with Gasteiger partial charge in [0, 0.05) is 29.4 Å². The van der Waals surface area contributed by atoms with Gasteiger partial charge in [0.05, 0.1) is 23.9 Å². The topological polar surface area (TPSA) is 122 Å². The first-order chi connectivity index (χ1) is 16.7. The molecule has 0 radical (unpaired) electrons. The Bertz CT molecular complexity index is 1360. The van der Waals surface area contributed by atoms with Crippen LogP contribution in [-0.2, 0) is 19.9 Å². The van der Waals surface area contributed by atoms with E-state index >= 15 is 0 Å². The standard InChI is InChI=1S/C25H24N4O6/c1-12-6-8-15-21(13(12)2)26-24(32)25(15)20-19(16-5-4-10-27(16)25)22(30)28(23(20)31)17-11-14(29(33)34)7-9-18(17)35-3/h6-9,11,16,19-20H,4-5,10H2,1-3H3,(H,26,32)/t16-,19-,20-,25-/m1/s1. The molecule has 180 valence electrons. The van der Waals surface area contributed by atoms with Crippen molar-refractivity contribution in [1.29, 1.82) is 0 Å². The number of nitro groups is 1. The number of rotatable bonds is 3. The second-order valence-corrected chi connectivity index (χ2v) is 9.68. The van der Waals surface area contributed by atoms with Gasteiger partial charge in [-0.3, -0.25) is 29.4 Å². The minimum absolute atomic E-state index is 0.0320. The summed E-state index contributed by atoms with van der Waals surface area (Å²) >= 11 is 0. The summed E-state index contributed by atoms with van der Waals surface area (Å²) in [5, 5.41) is 14.5. The van der Waals surface area contributed by atoms with E-state index < -0.39 is 34.1 Å². The summed E-state index contributed by atoms with van der Waals surface area (Å²) in [5.41, 5.74) is 1.85. The molecule has 10 heteroatoms. The Labute approximate surface area is 201 Å². The molecule has 4 heterocycles. The number of non-ortho nitro benzene ring substituents is 1.